The number of benzene rings is 2. The largest absolute Gasteiger partial charge is 0.337 e. The van der Waals surface area contributed by atoms with E-state index in [4.69, 9.17) is 4.52 Å². The predicted octanol–water partition coefficient (Wildman–Crippen LogP) is 3.88. The lowest BCUT2D eigenvalue weighted by Gasteiger charge is -2.23. The van der Waals surface area contributed by atoms with Crippen LogP contribution in [0.3, 0.4) is 0 Å². The summed E-state index contributed by atoms with van der Waals surface area (Å²) in [4.78, 5) is 20.9. The monoisotopic (exact) mass is 436 g/mol. The minimum Gasteiger partial charge on any atom is -0.337 e. The number of nitrogens with zero attached hydrogens (tertiary/aromatic N) is 6. The summed E-state index contributed by atoms with van der Waals surface area (Å²) in [5.74, 6) is -1.39. The molecule has 1 aliphatic rings. The highest BCUT2D eigenvalue weighted by Crippen LogP contribution is 2.34. The Morgan fingerprint density at radius 1 is 1.09 bits per heavy atom. The Balaban J connectivity index is 1.47. The molecule has 1 fully saturated rings. The summed E-state index contributed by atoms with van der Waals surface area (Å²) in [6.07, 6.45) is 4.47. The van der Waals surface area contributed by atoms with Gasteiger partial charge in [0.1, 0.15) is 17.7 Å². The molecule has 1 amide bonds. The number of hydrogen-bond acceptors (Lipinski definition) is 6. The van der Waals surface area contributed by atoms with Crippen LogP contribution in [0.2, 0.25) is 0 Å². The smallest absolute Gasteiger partial charge is 0.256 e. The molecule has 0 bridgehead atoms. The molecule has 1 unspecified atom stereocenters. The normalized spacial score (nSPS) is 16.0. The minimum absolute atomic E-state index is 0.0645. The van der Waals surface area contributed by atoms with Crippen LogP contribution >= 0.6 is 0 Å². The average molecular weight is 436 g/mol. The van der Waals surface area contributed by atoms with Gasteiger partial charge < -0.3 is 9.42 Å². The van der Waals surface area contributed by atoms with Crippen molar-refractivity contribution < 1.29 is 18.1 Å². The van der Waals surface area contributed by atoms with Crippen molar-refractivity contribution in [2.24, 2.45) is 0 Å². The van der Waals surface area contributed by atoms with Crippen molar-refractivity contribution in [3.8, 4) is 17.1 Å². The third kappa shape index (κ3) is 3.64. The van der Waals surface area contributed by atoms with Crippen LogP contribution in [-0.2, 0) is 0 Å². The van der Waals surface area contributed by atoms with Crippen molar-refractivity contribution in [1.82, 2.24) is 30.0 Å². The van der Waals surface area contributed by atoms with Crippen molar-refractivity contribution in [3.63, 3.8) is 0 Å². The van der Waals surface area contributed by atoms with Crippen LogP contribution in [0, 0.1) is 18.6 Å². The van der Waals surface area contributed by atoms with Crippen molar-refractivity contribution in [2.45, 2.75) is 25.8 Å². The number of carbonyl (C=O) groups is 1. The van der Waals surface area contributed by atoms with E-state index in [0.29, 0.717) is 24.2 Å². The molecule has 0 spiro atoms. The molecular weight excluding hydrogens is 418 g/mol. The highest BCUT2D eigenvalue weighted by Gasteiger charge is 2.35. The van der Waals surface area contributed by atoms with Gasteiger partial charge in [-0.05, 0) is 44.0 Å². The molecule has 8 nitrogen and oxygen atoms in total. The van der Waals surface area contributed by atoms with Gasteiger partial charge in [0.2, 0.25) is 11.7 Å². The minimum atomic E-state index is -0.733. The third-order valence-corrected chi connectivity index (χ3v) is 5.38. The summed E-state index contributed by atoms with van der Waals surface area (Å²) >= 11 is 0. The zero-order chi connectivity index (χ0) is 22.2. The Hall–Kier alpha value is -3.95. The summed E-state index contributed by atoms with van der Waals surface area (Å²) < 4.78 is 32.5. The lowest BCUT2D eigenvalue weighted by Crippen LogP contribution is -2.31. The summed E-state index contributed by atoms with van der Waals surface area (Å²) in [6.45, 7) is 2.41. The summed E-state index contributed by atoms with van der Waals surface area (Å²) in [5.41, 5.74) is 2.12. The number of likely N-dealkylation sites (tertiary alicyclic amines) is 1. The molecule has 5 rings (SSSR count). The standard InChI is InChI=1S/C22H18F2N6O2/c1-13-4-5-18(30-25-6-7-26-30)17(9-13)22(31)29-8-2-3-19(29)21-27-20(28-32-21)14-10-15(23)12-16(24)11-14/h4-7,9-12,19H,2-3,8H2,1H3. The Labute approximate surface area is 181 Å². The van der Waals surface area contributed by atoms with E-state index in [1.165, 1.54) is 4.80 Å². The Kier molecular flexibility index (Phi) is 4.96. The SMILES string of the molecule is Cc1ccc(-n2nccn2)c(C(=O)N2CCCC2c2nc(-c3cc(F)cc(F)c3)no2)c1. The van der Waals surface area contributed by atoms with Crippen molar-refractivity contribution >= 4 is 5.91 Å². The average Bonchev–Trinajstić information content (AvgIpc) is 3.53. The summed E-state index contributed by atoms with van der Waals surface area (Å²) in [7, 11) is 0. The number of halogens is 2. The molecule has 3 heterocycles. The van der Waals surface area contributed by atoms with Crippen LogP contribution in [0.25, 0.3) is 17.1 Å². The lowest BCUT2D eigenvalue weighted by molar-refractivity contribution is 0.0709. The Morgan fingerprint density at radius 3 is 2.59 bits per heavy atom. The maximum Gasteiger partial charge on any atom is 0.256 e. The number of aromatic nitrogens is 5. The van der Waals surface area contributed by atoms with Gasteiger partial charge in [0.05, 0.1) is 23.6 Å². The number of hydrogen-bond donors (Lipinski definition) is 0. The van der Waals surface area contributed by atoms with E-state index in [1.54, 1.807) is 29.4 Å². The van der Waals surface area contributed by atoms with Gasteiger partial charge >= 0.3 is 0 Å². The van der Waals surface area contributed by atoms with Crippen molar-refractivity contribution in [2.75, 3.05) is 6.54 Å². The van der Waals surface area contributed by atoms with E-state index in [0.717, 1.165) is 30.2 Å². The van der Waals surface area contributed by atoms with E-state index < -0.39 is 17.7 Å². The molecule has 0 aliphatic carbocycles. The first-order chi connectivity index (χ1) is 15.5. The van der Waals surface area contributed by atoms with E-state index >= 15 is 0 Å². The van der Waals surface area contributed by atoms with Gasteiger partial charge in [-0.2, -0.15) is 20.0 Å². The van der Waals surface area contributed by atoms with Gasteiger partial charge in [-0.15, -0.1) is 0 Å². The van der Waals surface area contributed by atoms with E-state index in [9.17, 15) is 13.6 Å². The van der Waals surface area contributed by atoms with Gasteiger partial charge in [0, 0.05) is 18.2 Å². The Bertz CT molecular complexity index is 1270. The van der Waals surface area contributed by atoms with Gasteiger partial charge in [0.25, 0.3) is 5.91 Å². The second-order valence-corrected chi connectivity index (χ2v) is 7.61. The highest BCUT2D eigenvalue weighted by molar-refractivity contribution is 5.98. The maximum absolute atomic E-state index is 13.6. The number of amides is 1. The summed E-state index contributed by atoms with van der Waals surface area (Å²) in [6, 6.07) is 8.08. The molecule has 32 heavy (non-hydrogen) atoms. The zero-order valence-electron chi connectivity index (χ0n) is 17.1. The number of aryl methyl sites for hydroxylation is 1. The van der Waals surface area contributed by atoms with E-state index in [2.05, 4.69) is 20.3 Å². The van der Waals surface area contributed by atoms with Crippen LogP contribution < -0.4 is 0 Å². The van der Waals surface area contributed by atoms with Crippen LogP contribution in [0.4, 0.5) is 8.78 Å². The molecule has 1 saturated heterocycles. The lowest BCUT2D eigenvalue weighted by atomic mass is 10.1. The maximum atomic E-state index is 13.6. The van der Waals surface area contributed by atoms with Crippen LogP contribution in [0.15, 0.2) is 53.3 Å². The molecule has 2 aromatic heterocycles. The van der Waals surface area contributed by atoms with Crippen molar-refractivity contribution in [1.29, 1.82) is 0 Å². The molecule has 2 aromatic carbocycles. The van der Waals surface area contributed by atoms with Gasteiger partial charge in [-0.25, -0.2) is 8.78 Å². The third-order valence-electron chi connectivity index (χ3n) is 5.38. The van der Waals surface area contributed by atoms with E-state index in [-0.39, 0.29) is 23.2 Å². The summed E-state index contributed by atoms with van der Waals surface area (Å²) in [5, 5.41) is 12.2. The molecule has 0 radical (unpaired) electrons. The molecule has 10 heteroatoms. The first-order valence-electron chi connectivity index (χ1n) is 10.1. The highest BCUT2D eigenvalue weighted by atomic mass is 19.1. The Morgan fingerprint density at radius 2 is 1.84 bits per heavy atom. The van der Waals surface area contributed by atoms with Gasteiger partial charge in [-0.3, -0.25) is 4.79 Å². The zero-order valence-corrected chi connectivity index (χ0v) is 17.1. The predicted molar refractivity (Wildman–Crippen MR) is 109 cm³/mol. The topological polar surface area (TPSA) is 89.9 Å². The van der Waals surface area contributed by atoms with E-state index in [1.807, 2.05) is 13.0 Å². The molecule has 1 atom stereocenters. The first kappa shape index (κ1) is 20.0. The second-order valence-electron chi connectivity index (χ2n) is 7.61. The van der Waals surface area contributed by atoms with Crippen LogP contribution in [0.5, 0.6) is 0 Å². The number of carbonyl (C=O) groups excluding carboxylic acids is 1. The fourth-order valence-corrected chi connectivity index (χ4v) is 3.93. The molecule has 4 aromatic rings. The molecular formula is C22H18F2N6O2. The van der Waals surface area contributed by atoms with Gasteiger partial charge in [-0.1, -0.05) is 16.8 Å². The molecule has 1 aliphatic heterocycles. The fourth-order valence-electron chi connectivity index (χ4n) is 3.93. The molecule has 162 valence electrons. The fraction of sp³-hybridized carbons (Fsp3) is 0.227. The number of rotatable bonds is 4. The van der Waals surface area contributed by atoms with Gasteiger partial charge in [0.15, 0.2) is 0 Å². The first-order valence-corrected chi connectivity index (χ1v) is 10.1. The quantitative estimate of drug-likeness (QED) is 0.482. The second kappa shape index (κ2) is 7.95. The van der Waals surface area contributed by atoms with Crippen LogP contribution in [-0.4, -0.2) is 42.5 Å². The van der Waals surface area contributed by atoms with Crippen LogP contribution in [0.1, 0.15) is 40.7 Å². The molecule has 0 N–H and O–H groups in total. The molecule has 0 saturated carbocycles. The van der Waals surface area contributed by atoms with Crippen molar-refractivity contribution in [3.05, 3.63) is 77.4 Å².